The van der Waals surface area contributed by atoms with E-state index >= 15 is 0 Å². The van der Waals surface area contributed by atoms with Gasteiger partial charge in [0.15, 0.2) is 0 Å². The first-order valence-corrected chi connectivity index (χ1v) is 10.0. The molecule has 0 saturated heterocycles. The topological polar surface area (TPSA) is 182 Å². The fourth-order valence-corrected chi connectivity index (χ4v) is 3.63. The van der Waals surface area contributed by atoms with Gasteiger partial charge >= 0.3 is 17.6 Å². The summed E-state index contributed by atoms with van der Waals surface area (Å²) in [4.78, 5) is 35.1. The minimum absolute atomic E-state index is 0.0649. The third-order valence-corrected chi connectivity index (χ3v) is 5.24. The number of carbonyl (C=O) groups excluding carboxylic acids is 2. The van der Waals surface area contributed by atoms with Gasteiger partial charge in [-0.05, 0) is 17.7 Å². The van der Waals surface area contributed by atoms with E-state index in [-0.39, 0.29) is 35.0 Å². The number of nitrogens with two attached hydrogens (primary N) is 1. The number of esters is 2. The number of nitro groups is 1. The molecule has 0 fully saturated rings. The van der Waals surface area contributed by atoms with Crippen LogP contribution in [0.25, 0.3) is 0 Å². The standard InChI is InChI=1S/C22H21N5O8/c1-32-16-5-4-12(6-13(16)10-26-11-14(9-25-26)27(30)31)19-15(8-23)21(24)35-17(7-18(28)33-2)20(19)22(29)34-3/h4-6,9,11,19H,7,10,24H2,1-3H3/t19-/m1/s1. The van der Waals surface area contributed by atoms with Crippen LogP contribution >= 0.6 is 0 Å². The Bertz CT molecular complexity index is 1290. The molecule has 13 nitrogen and oxygen atoms in total. The SMILES string of the molecule is COC(=O)CC1=C(C(=O)OC)[C@H](c2ccc(OC)c(Cn3cc([N+](=O)[O-])cn3)c2)C(C#N)=C(N)O1. The van der Waals surface area contributed by atoms with Gasteiger partial charge in [-0.2, -0.15) is 10.4 Å². The number of benzene rings is 1. The average molecular weight is 483 g/mol. The van der Waals surface area contributed by atoms with E-state index in [9.17, 15) is 25.0 Å². The van der Waals surface area contributed by atoms with E-state index in [0.29, 0.717) is 16.9 Å². The minimum Gasteiger partial charge on any atom is -0.496 e. The fourth-order valence-electron chi connectivity index (χ4n) is 3.63. The molecule has 2 N–H and O–H groups in total. The molecule has 0 bridgehead atoms. The Kier molecular flexibility index (Phi) is 7.35. The van der Waals surface area contributed by atoms with E-state index < -0.39 is 29.2 Å². The lowest BCUT2D eigenvalue weighted by Crippen LogP contribution is -2.27. The zero-order valence-corrected chi connectivity index (χ0v) is 19.0. The van der Waals surface area contributed by atoms with Crippen LogP contribution in [0.15, 0.2) is 53.4 Å². The van der Waals surface area contributed by atoms with E-state index in [1.807, 2.05) is 6.07 Å². The number of allylic oxidation sites excluding steroid dienone is 1. The molecule has 182 valence electrons. The fraction of sp³-hybridized carbons (Fsp3) is 0.273. The monoisotopic (exact) mass is 483 g/mol. The van der Waals surface area contributed by atoms with Crippen LogP contribution in [0.3, 0.4) is 0 Å². The van der Waals surface area contributed by atoms with Crippen LogP contribution < -0.4 is 10.5 Å². The summed E-state index contributed by atoms with van der Waals surface area (Å²) in [5.41, 5.74) is 6.62. The summed E-state index contributed by atoms with van der Waals surface area (Å²) in [6.45, 7) is 0.0848. The molecule has 1 atom stereocenters. The maximum absolute atomic E-state index is 12.8. The molecule has 0 aliphatic carbocycles. The molecule has 0 radical (unpaired) electrons. The molecule has 1 aliphatic rings. The molecule has 3 rings (SSSR count). The molecule has 0 spiro atoms. The van der Waals surface area contributed by atoms with Crippen LogP contribution in [-0.4, -0.2) is 48.0 Å². The highest BCUT2D eigenvalue weighted by molar-refractivity contribution is 5.93. The molecule has 35 heavy (non-hydrogen) atoms. The molecule has 0 amide bonds. The van der Waals surface area contributed by atoms with Crippen molar-refractivity contribution in [2.45, 2.75) is 18.9 Å². The third-order valence-electron chi connectivity index (χ3n) is 5.24. The van der Waals surface area contributed by atoms with Crippen molar-refractivity contribution in [3.63, 3.8) is 0 Å². The van der Waals surface area contributed by atoms with Crippen LogP contribution in [0.4, 0.5) is 5.69 Å². The molecule has 1 aromatic carbocycles. The Morgan fingerprint density at radius 2 is 2.06 bits per heavy atom. The lowest BCUT2D eigenvalue weighted by Gasteiger charge is -2.28. The van der Waals surface area contributed by atoms with E-state index in [1.165, 1.54) is 25.1 Å². The van der Waals surface area contributed by atoms with Crippen molar-refractivity contribution in [1.82, 2.24) is 9.78 Å². The number of ether oxygens (including phenoxy) is 4. The van der Waals surface area contributed by atoms with Crippen molar-refractivity contribution in [2.75, 3.05) is 21.3 Å². The average Bonchev–Trinajstić information content (AvgIpc) is 3.32. The first-order chi connectivity index (χ1) is 16.7. The molecule has 1 aliphatic heterocycles. The van der Waals surface area contributed by atoms with Gasteiger partial charge in [0, 0.05) is 5.56 Å². The van der Waals surface area contributed by atoms with Gasteiger partial charge in [0.25, 0.3) is 0 Å². The molecule has 0 saturated carbocycles. The van der Waals surface area contributed by atoms with Gasteiger partial charge in [-0.3, -0.25) is 19.6 Å². The number of hydrogen-bond donors (Lipinski definition) is 1. The zero-order chi connectivity index (χ0) is 25.7. The molecule has 2 heterocycles. The van der Waals surface area contributed by atoms with E-state index in [1.54, 1.807) is 18.2 Å². The van der Waals surface area contributed by atoms with Gasteiger partial charge < -0.3 is 24.7 Å². The summed E-state index contributed by atoms with van der Waals surface area (Å²) in [6, 6.07) is 6.83. The summed E-state index contributed by atoms with van der Waals surface area (Å²) in [5, 5.41) is 24.8. The van der Waals surface area contributed by atoms with Gasteiger partial charge in [0.2, 0.25) is 5.88 Å². The van der Waals surface area contributed by atoms with Gasteiger partial charge in [-0.25, -0.2) is 4.79 Å². The number of hydrogen-bond acceptors (Lipinski definition) is 11. The normalized spacial score (nSPS) is 15.2. The summed E-state index contributed by atoms with van der Waals surface area (Å²) < 4.78 is 21.8. The Hall–Kier alpha value is -4.86. The Labute approximate surface area is 199 Å². The summed E-state index contributed by atoms with van der Waals surface area (Å²) in [5.74, 6) is -2.49. The highest BCUT2D eigenvalue weighted by atomic mass is 16.6. The Balaban J connectivity index is 2.15. The van der Waals surface area contributed by atoms with Crippen molar-refractivity contribution in [3.05, 3.63) is 74.6 Å². The van der Waals surface area contributed by atoms with Crippen molar-refractivity contribution in [3.8, 4) is 11.8 Å². The van der Waals surface area contributed by atoms with Crippen LogP contribution in [0.1, 0.15) is 23.5 Å². The lowest BCUT2D eigenvalue weighted by atomic mass is 9.82. The summed E-state index contributed by atoms with van der Waals surface area (Å²) >= 11 is 0. The van der Waals surface area contributed by atoms with Crippen molar-refractivity contribution in [1.29, 1.82) is 5.26 Å². The van der Waals surface area contributed by atoms with E-state index in [2.05, 4.69) is 9.84 Å². The van der Waals surface area contributed by atoms with Gasteiger partial charge in [-0.1, -0.05) is 6.07 Å². The maximum atomic E-state index is 12.8. The van der Waals surface area contributed by atoms with Crippen LogP contribution in [-0.2, 0) is 30.3 Å². The highest BCUT2D eigenvalue weighted by Gasteiger charge is 2.38. The van der Waals surface area contributed by atoms with Crippen molar-refractivity contribution in [2.24, 2.45) is 5.73 Å². The first-order valence-electron chi connectivity index (χ1n) is 10.0. The van der Waals surface area contributed by atoms with E-state index in [0.717, 1.165) is 13.3 Å². The number of methoxy groups -OCH3 is 3. The van der Waals surface area contributed by atoms with Crippen LogP contribution in [0.5, 0.6) is 5.75 Å². The summed E-state index contributed by atoms with van der Waals surface area (Å²) in [6.07, 6.45) is 1.95. The minimum atomic E-state index is -1.03. The number of nitrogens with zero attached hydrogens (tertiary/aromatic N) is 4. The Morgan fingerprint density at radius 1 is 1.31 bits per heavy atom. The molecule has 13 heteroatoms. The maximum Gasteiger partial charge on any atom is 0.338 e. The van der Waals surface area contributed by atoms with Gasteiger partial charge in [0.1, 0.15) is 42.0 Å². The smallest absolute Gasteiger partial charge is 0.338 e. The van der Waals surface area contributed by atoms with Gasteiger partial charge in [-0.15, -0.1) is 0 Å². The van der Waals surface area contributed by atoms with E-state index in [4.69, 9.17) is 19.9 Å². The highest BCUT2D eigenvalue weighted by Crippen LogP contribution is 2.41. The number of carbonyl (C=O) groups is 2. The predicted octanol–water partition coefficient (Wildman–Crippen LogP) is 1.65. The predicted molar refractivity (Wildman–Crippen MR) is 117 cm³/mol. The number of aromatic nitrogens is 2. The molecule has 2 aromatic rings. The van der Waals surface area contributed by atoms with Gasteiger partial charge in [0.05, 0.1) is 44.3 Å². The Morgan fingerprint density at radius 3 is 2.63 bits per heavy atom. The van der Waals surface area contributed by atoms with Crippen LogP contribution in [0, 0.1) is 21.4 Å². The second kappa shape index (κ2) is 10.4. The number of nitriles is 1. The largest absolute Gasteiger partial charge is 0.496 e. The molecular weight excluding hydrogens is 462 g/mol. The zero-order valence-electron chi connectivity index (χ0n) is 19.0. The third kappa shape index (κ3) is 5.06. The lowest BCUT2D eigenvalue weighted by molar-refractivity contribution is -0.385. The second-order valence-electron chi connectivity index (χ2n) is 7.23. The quantitative estimate of drug-likeness (QED) is 0.327. The second-order valence-corrected chi connectivity index (χ2v) is 7.23. The molecule has 1 aromatic heterocycles. The molecular formula is C22H21N5O8. The van der Waals surface area contributed by atoms with Crippen LogP contribution in [0.2, 0.25) is 0 Å². The van der Waals surface area contributed by atoms with Crippen molar-refractivity contribution < 1.29 is 33.5 Å². The first kappa shape index (κ1) is 24.8. The number of rotatable bonds is 8. The summed E-state index contributed by atoms with van der Waals surface area (Å²) in [7, 11) is 3.78. The molecule has 0 unspecified atom stereocenters. The van der Waals surface area contributed by atoms with Crippen molar-refractivity contribution >= 4 is 17.6 Å².